The zero-order chi connectivity index (χ0) is 7.23. The van der Waals surface area contributed by atoms with Crippen LogP contribution >= 0.6 is 0 Å². The molecule has 1 rings (SSSR count). The Bertz CT molecular complexity index is 119. The van der Waals surface area contributed by atoms with Gasteiger partial charge in [-0.1, -0.05) is 13.8 Å². The van der Waals surface area contributed by atoms with Gasteiger partial charge in [0.15, 0.2) is 6.17 Å². The van der Waals surface area contributed by atoms with Crippen LogP contribution in [0.4, 0.5) is 13.2 Å². The predicted molar refractivity (Wildman–Crippen MR) is 28.2 cm³/mol. The van der Waals surface area contributed by atoms with Crippen molar-refractivity contribution in [1.29, 1.82) is 0 Å². The van der Waals surface area contributed by atoms with Gasteiger partial charge in [0.2, 0.25) is 0 Å². The van der Waals surface area contributed by atoms with Crippen LogP contribution in [0.5, 0.6) is 0 Å². The molecule has 0 bridgehead atoms. The fourth-order valence-electron chi connectivity index (χ4n) is 1.09. The monoisotopic (exact) mass is 138 g/mol. The highest BCUT2D eigenvalue weighted by molar-refractivity contribution is 5.07. The van der Waals surface area contributed by atoms with Crippen molar-refractivity contribution < 1.29 is 13.2 Å². The summed E-state index contributed by atoms with van der Waals surface area (Å²) in [5.41, 5.74) is 0. The van der Waals surface area contributed by atoms with Gasteiger partial charge in [0.1, 0.15) is 0 Å². The molecule has 2 atom stereocenters. The summed E-state index contributed by atoms with van der Waals surface area (Å²) in [5, 5.41) is 0. The molecular weight excluding hydrogens is 129 g/mol. The minimum absolute atomic E-state index is 0.241. The van der Waals surface area contributed by atoms with Crippen LogP contribution in [0.25, 0.3) is 0 Å². The first-order valence-electron chi connectivity index (χ1n) is 2.99. The third-order valence-electron chi connectivity index (χ3n) is 1.74. The van der Waals surface area contributed by atoms with E-state index in [1.54, 1.807) is 13.8 Å². The summed E-state index contributed by atoms with van der Waals surface area (Å²) in [6.07, 6.45) is -1.88. The molecule has 0 radical (unpaired) electrons. The quantitative estimate of drug-likeness (QED) is 0.521. The summed E-state index contributed by atoms with van der Waals surface area (Å²) < 4.78 is 36.2. The first-order chi connectivity index (χ1) is 3.98. The maximum absolute atomic E-state index is 12.1. The molecule has 0 N–H and O–H groups in total. The molecule has 1 saturated carbocycles. The largest absolute Gasteiger partial charge is 0.285 e. The lowest BCUT2D eigenvalue weighted by Crippen LogP contribution is -1.99. The van der Waals surface area contributed by atoms with Crippen molar-refractivity contribution in [2.45, 2.75) is 25.9 Å². The summed E-state index contributed by atoms with van der Waals surface area (Å²) >= 11 is 0. The molecule has 0 aromatic carbocycles. The molecule has 9 heavy (non-hydrogen) atoms. The van der Waals surface area contributed by atoms with Crippen LogP contribution in [0, 0.1) is 11.8 Å². The molecule has 1 aliphatic carbocycles. The van der Waals surface area contributed by atoms with Gasteiger partial charge in [0.05, 0.1) is 5.92 Å². The van der Waals surface area contributed by atoms with Crippen LogP contribution in [-0.2, 0) is 0 Å². The summed E-state index contributed by atoms with van der Waals surface area (Å²) in [7, 11) is 0. The Balaban J connectivity index is 2.52. The second-order valence-corrected chi connectivity index (χ2v) is 2.85. The van der Waals surface area contributed by atoms with Crippen molar-refractivity contribution in [2.24, 2.45) is 11.8 Å². The second kappa shape index (κ2) is 1.64. The Morgan fingerprint density at radius 1 is 1.33 bits per heavy atom. The van der Waals surface area contributed by atoms with E-state index in [1.807, 2.05) is 0 Å². The normalized spacial score (nSPS) is 39.3. The standard InChI is InChI=1S/C6H9F3/c1-3(2)4-5(7)6(4,8)9/h3-5H,1-2H3. The smallest absolute Gasteiger partial charge is 0.240 e. The number of hydrogen-bond donors (Lipinski definition) is 0. The van der Waals surface area contributed by atoms with Crippen molar-refractivity contribution in [3.05, 3.63) is 0 Å². The number of hydrogen-bond acceptors (Lipinski definition) is 0. The molecule has 54 valence electrons. The van der Waals surface area contributed by atoms with Crippen LogP contribution in [-0.4, -0.2) is 12.1 Å². The SMILES string of the molecule is CC(C)C1C(F)C1(F)F. The Morgan fingerprint density at radius 2 is 1.67 bits per heavy atom. The molecule has 0 aromatic rings. The van der Waals surface area contributed by atoms with Gasteiger partial charge in [-0.3, -0.25) is 0 Å². The lowest BCUT2D eigenvalue weighted by Gasteiger charge is -1.97. The van der Waals surface area contributed by atoms with E-state index in [9.17, 15) is 13.2 Å². The lowest BCUT2D eigenvalue weighted by molar-refractivity contribution is 0.0697. The summed E-state index contributed by atoms with van der Waals surface area (Å²) in [5.74, 6) is -4.28. The average Bonchev–Trinajstić information content (AvgIpc) is 2.07. The summed E-state index contributed by atoms with van der Waals surface area (Å²) in [6.45, 7) is 3.22. The Labute approximate surface area is 52.1 Å². The molecule has 2 unspecified atom stereocenters. The topological polar surface area (TPSA) is 0 Å². The van der Waals surface area contributed by atoms with Crippen molar-refractivity contribution >= 4 is 0 Å². The van der Waals surface area contributed by atoms with Gasteiger partial charge in [-0.25, -0.2) is 13.2 Å². The Morgan fingerprint density at radius 3 is 1.67 bits per heavy atom. The van der Waals surface area contributed by atoms with Crippen LogP contribution in [0.2, 0.25) is 0 Å². The van der Waals surface area contributed by atoms with Gasteiger partial charge >= 0.3 is 0 Å². The average molecular weight is 138 g/mol. The highest BCUT2D eigenvalue weighted by Gasteiger charge is 2.70. The number of alkyl halides is 3. The van der Waals surface area contributed by atoms with E-state index in [-0.39, 0.29) is 5.92 Å². The molecule has 3 heteroatoms. The minimum Gasteiger partial charge on any atom is -0.240 e. The molecular formula is C6H9F3. The molecule has 0 nitrogen and oxygen atoms in total. The third kappa shape index (κ3) is 0.825. The number of rotatable bonds is 1. The van der Waals surface area contributed by atoms with Crippen molar-refractivity contribution in [2.75, 3.05) is 0 Å². The fraction of sp³-hybridized carbons (Fsp3) is 1.00. The highest BCUT2D eigenvalue weighted by Crippen LogP contribution is 2.55. The van der Waals surface area contributed by atoms with E-state index in [0.717, 1.165) is 0 Å². The zero-order valence-electron chi connectivity index (χ0n) is 5.37. The van der Waals surface area contributed by atoms with E-state index in [1.165, 1.54) is 0 Å². The number of halogens is 3. The summed E-state index contributed by atoms with van der Waals surface area (Å²) in [4.78, 5) is 0. The van der Waals surface area contributed by atoms with Crippen molar-refractivity contribution in [3.8, 4) is 0 Å². The van der Waals surface area contributed by atoms with Gasteiger partial charge < -0.3 is 0 Å². The van der Waals surface area contributed by atoms with Crippen LogP contribution < -0.4 is 0 Å². The Hall–Kier alpha value is -0.210. The lowest BCUT2D eigenvalue weighted by atomic mass is 10.1. The van der Waals surface area contributed by atoms with Crippen LogP contribution in [0.3, 0.4) is 0 Å². The molecule has 0 heterocycles. The maximum atomic E-state index is 12.1. The van der Waals surface area contributed by atoms with Gasteiger partial charge in [-0.2, -0.15) is 0 Å². The first-order valence-corrected chi connectivity index (χ1v) is 2.99. The molecule has 0 spiro atoms. The minimum atomic E-state index is -3.02. The maximum Gasteiger partial charge on any atom is 0.285 e. The van der Waals surface area contributed by atoms with E-state index >= 15 is 0 Å². The fourth-order valence-corrected chi connectivity index (χ4v) is 1.09. The molecule has 1 aliphatic rings. The Kier molecular flexibility index (Phi) is 1.26. The van der Waals surface area contributed by atoms with Crippen LogP contribution in [0.1, 0.15) is 13.8 Å². The summed E-state index contributed by atoms with van der Waals surface area (Å²) in [6, 6.07) is 0. The molecule has 1 fully saturated rings. The van der Waals surface area contributed by atoms with Gasteiger partial charge in [-0.05, 0) is 5.92 Å². The third-order valence-corrected chi connectivity index (χ3v) is 1.74. The highest BCUT2D eigenvalue weighted by atomic mass is 19.3. The second-order valence-electron chi connectivity index (χ2n) is 2.85. The van der Waals surface area contributed by atoms with Gasteiger partial charge in [-0.15, -0.1) is 0 Å². The molecule has 0 saturated heterocycles. The molecule has 0 aromatic heterocycles. The molecule has 0 aliphatic heterocycles. The zero-order valence-corrected chi connectivity index (χ0v) is 5.37. The van der Waals surface area contributed by atoms with E-state index < -0.39 is 18.0 Å². The van der Waals surface area contributed by atoms with Crippen LogP contribution in [0.15, 0.2) is 0 Å². The molecule has 0 amide bonds. The van der Waals surface area contributed by atoms with E-state index in [2.05, 4.69) is 0 Å². The van der Waals surface area contributed by atoms with Crippen molar-refractivity contribution in [3.63, 3.8) is 0 Å². The van der Waals surface area contributed by atoms with Gasteiger partial charge in [0, 0.05) is 0 Å². The van der Waals surface area contributed by atoms with Gasteiger partial charge in [0.25, 0.3) is 5.92 Å². The predicted octanol–water partition coefficient (Wildman–Crippen LogP) is 2.25. The first kappa shape index (κ1) is 6.90. The van der Waals surface area contributed by atoms with E-state index in [4.69, 9.17) is 0 Å². The van der Waals surface area contributed by atoms with E-state index in [0.29, 0.717) is 0 Å². The van der Waals surface area contributed by atoms with Crippen molar-refractivity contribution in [1.82, 2.24) is 0 Å².